The lowest BCUT2D eigenvalue weighted by Gasteiger charge is -2.39. The molecule has 11 nitrogen and oxygen atoms in total. The summed E-state index contributed by atoms with van der Waals surface area (Å²) in [6.07, 6.45) is -7.97. The lowest BCUT2D eigenvalue weighted by atomic mass is 9.99. The Morgan fingerprint density at radius 2 is 1.86 bits per heavy atom. The molecule has 162 valence electrons. The van der Waals surface area contributed by atoms with Crippen LogP contribution in [0.4, 0.5) is 0 Å². The quantitative estimate of drug-likeness (QED) is 0.175. The molecule has 1 fully saturated rings. The van der Waals surface area contributed by atoms with Crippen LogP contribution in [0, 0.1) is 0 Å². The van der Waals surface area contributed by atoms with Crippen molar-refractivity contribution in [3.8, 4) is 0 Å². The van der Waals surface area contributed by atoms with Crippen molar-refractivity contribution >= 4 is 5.97 Å². The molecule has 0 amide bonds. The molecule has 0 saturated carbocycles. The predicted octanol–water partition coefficient (Wildman–Crippen LogP) is -1.93. The minimum absolute atomic E-state index is 0.182. The summed E-state index contributed by atoms with van der Waals surface area (Å²) in [4.78, 5) is 12.0. The molecule has 7 atom stereocenters. The van der Waals surface area contributed by atoms with Crippen molar-refractivity contribution in [2.24, 2.45) is 0 Å². The summed E-state index contributed by atoms with van der Waals surface area (Å²) >= 11 is 0. The van der Waals surface area contributed by atoms with E-state index in [1.807, 2.05) is 6.92 Å². The van der Waals surface area contributed by atoms with Crippen LogP contribution in [0.5, 0.6) is 0 Å². The number of cyclic esters (lactones) is 1. The van der Waals surface area contributed by atoms with Gasteiger partial charge >= 0.3 is 5.97 Å². The van der Waals surface area contributed by atoms with Gasteiger partial charge in [-0.2, -0.15) is 0 Å². The van der Waals surface area contributed by atoms with Gasteiger partial charge in [0.05, 0.1) is 13.2 Å². The van der Waals surface area contributed by atoms with E-state index >= 15 is 0 Å². The van der Waals surface area contributed by atoms with Crippen molar-refractivity contribution in [3.63, 3.8) is 0 Å². The van der Waals surface area contributed by atoms with E-state index in [9.17, 15) is 30.3 Å². The maximum absolute atomic E-state index is 12.0. The number of unbranched alkanes of at least 4 members (excludes halogenated alkanes) is 2. The van der Waals surface area contributed by atoms with E-state index in [-0.39, 0.29) is 6.61 Å². The van der Waals surface area contributed by atoms with Crippen molar-refractivity contribution < 1.29 is 54.4 Å². The second-order valence-electron chi connectivity index (χ2n) is 6.70. The van der Waals surface area contributed by atoms with Crippen LogP contribution < -0.4 is 0 Å². The van der Waals surface area contributed by atoms with Gasteiger partial charge in [0.25, 0.3) is 0 Å². The van der Waals surface area contributed by atoms with Crippen molar-refractivity contribution in [1.29, 1.82) is 0 Å². The normalized spacial score (nSPS) is 34.4. The van der Waals surface area contributed by atoms with E-state index in [1.54, 1.807) is 0 Å². The highest BCUT2D eigenvalue weighted by molar-refractivity contribution is 5.89. The molecule has 1 saturated heterocycles. The number of hydrogen-bond donors (Lipinski definition) is 6. The Bertz CT molecular complexity index is 549. The predicted molar refractivity (Wildman–Crippen MR) is 90.7 cm³/mol. The van der Waals surface area contributed by atoms with Gasteiger partial charge in [-0.05, 0) is 6.42 Å². The molecule has 0 aromatic heterocycles. The Morgan fingerprint density at radius 1 is 1.14 bits per heavy atom. The average Bonchev–Trinajstić information content (AvgIpc) is 2.96. The Balaban J connectivity index is 1.99. The van der Waals surface area contributed by atoms with E-state index in [0.29, 0.717) is 6.61 Å². The molecule has 0 aliphatic carbocycles. The van der Waals surface area contributed by atoms with E-state index in [1.165, 1.54) is 0 Å². The summed E-state index contributed by atoms with van der Waals surface area (Å²) < 4.78 is 20.4. The summed E-state index contributed by atoms with van der Waals surface area (Å²) in [7, 11) is 0. The first-order valence-electron chi connectivity index (χ1n) is 9.18. The Morgan fingerprint density at radius 3 is 2.50 bits per heavy atom. The Kier molecular flexibility index (Phi) is 8.43. The summed E-state index contributed by atoms with van der Waals surface area (Å²) in [6, 6.07) is 0. The lowest BCUT2D eigenvalue weighted by Crippen LogP contribution is -2.59. The van der Waals surface area contributed by atoms with Crippen molar-refractivity contribution in [3.05, 3.63) is 11.5 Å². The molecule has 0 aromatic carbocycles. The van der Waals surface area contributed by atoms with Gasteiger partial charge in [0, 0.05) is 6.61 Å². The van der Waals surface area contributed by atoms with Gasteiger partial charge in [0.15, 0.2) is 11.9 Å². The average molecular weight is 408 g/mol. The molecule has 28 heavy (non-hydrogen) atoms. The van der Waals surface area contributed by atoms with Gasteiger partial charge in [-0.25, -0.2) is 4.79 Å². The van der Waals surface area contributed by atoms with Crippen LogP contribution in [-0.4, -0.2) is 99.3 Å². The molecule has 2 rings (SSSR count). The molecule has 0 spiro atoms. The van der Waals surface area contributed by atoms with Crippen LogP contribution in [0.1, 0.15) is 26.2 Å². The largest absolute Gasteiger partial charge is 0.505 e. The van der Waals surface area contributed by atoms with Crippen LogP contribution in [-0.2, 0) is 23.7 Å². The number of carbonyl (C=O) groups is 1. The summed E-state index contributed by atoms with van der Waals surface area (Å²) in [5.74, 6) is -2.53. The first-order valence-corrected chi connectivity index (χ1v) is 9.18. The maximum Gasteiger partial charge on any atom is 0.378 e. The fraction of sp³-hybridized carbons (Fsp3) is 0.824. The molecule has 2 aliphatic heterocycles. The number of ether oxygens (including phenoxy) is 4. The van der Waals surface area contributed by atoms with Gasteiger partial charge in [-0.15, -0.1) is 0 Å². The van der Waals surface area contributed by atoms with Gasteiger partial charge < -0.3 is 49.6 Å². The molecule has 2 heterocycles. The van der Waals surface area contributed by atoms with E-state index in [0.717, 1.165) is 19.3 Å². The molecular formula is C17H28O11. The highest BCUT2D eigenvalue weighted by atomic mass is 16.7. The molecule has 0 radical (unpaired) electrons. The minimum Gasteiger partial charge on any atom is -0.505 e. The van der Waals surface area contributed by atoms with Gasteiger partial charge in [0.2, 0.25) is 12.0 Å². The van der Waals surface area contributed by atoms with Crippen molar-refractivity contribution in [2.45, 2.75) is 69.1 Å². The fourth-order valence-corrected chi connectivity index (χ4v) is 2.85. The first-order chi connectivity index (χ1) is 13.3. The van der Waals surface area contributed by atoms with Crippen LogP contribution in [0.25, 0.3) is 0 Å². The SMILES string of the molecule is CCCCCOC[C@H](O)[C@H]1OC(=O)C(O[C@H]2O[C@H](CO)[C@@H](O)[C@H](O)[C@H]2O)=C1O. The number of aliphatic hydroxyl groups is 6. The number of aliphatic hydroxyl groups excluding tert-OH is 6. The molecule has 11 heteroatoms. The number of rotatable bonds is 10. The Labute approximate surface area is 161 Å². The highest BCUT2D eigenvalue weighted by Gasteiger charge is 2.48. The van der Waals surface area contributed by atoms with E-state index in [4.69, 9.17) is 24.1 Å². The third kappa shape index (κ3) is 5.11. The van der Waals surface area contributed by atoms with Gasteiger partial charge in [-0.3, -0.25) is 0 Å². The summed E-state index contributed by atoms with van der Waals surface area (Å²) in [6.45, 7) is 1.58. The van der Waals surface area contributed by atoms with Crippen LogP contribution in [0.3, 0.4) is 0 Å². The smallest absolute Gasteiger partial charge is 0.378 e. The standard InChI is InChI=1S/C17H28O11/c1-2-3-4-5-25-7-8(19)14-13(23)15(16(24)27-14)28-17-12(22)11(21)10(20)9(6-18)26-17/h8-12,14,17-23H,2-7H2,1H3/t8-,9+,10+,11-,12+,14+,17+/m0/s1. The number of hydrogen-bond acceptors (Lipinski definition) is 11. The van der Waals surface area contributed by atoms with Crippen LogP contribution >= 0.6 is 0 Å². The van der Waals surface area contributed by atoms with Crippen LogP contribution in [0.15, 0.2) is 11.5 Å². The molecule has 0 unspecified atom stereocenters. The molecule has 2 aliphatic rings. The van der Waals surface area contributed by atoms with E-state index in [2.05, 4.69) is 0 Å². The second-order valence-corrected chi connectivity index (χ2v) is 6.70. The zero-order chi connectivity index (χ0) is 20.8. The van der Waals surface area contributed by atoms with Crippen LogP contribution in [0.2, 0.25) is 0 Å². The topological polar surface area (TPSA) is 175 Å². The second kappa shape index (κ2) is 10.3. The molecule has 0 aromatic rings. The third-order valence-electron chi connectivity index (χ3n) is 4.53. The zero-order valence-electron chi connectivity index (χ0n) is 15.5. The number of esters is 1. The molecule has 0 bridgehead atoms. The molecular weight excluding hydrogens is 380 g/mol. The van der Waals surface area contributed by atoms with E-state index < -0.39 is 67.0 Å². The van der Waals surface area contributed by atoms with Crippen molar-refractivity contribution in [2.75, 3.05) is 19.8 Å². The highest BCUT2D eigenvalue weighted by Crippen LogP contribution is 2.29. The monoisotopic (exact) mass is 408 g/mol. The zero-order valence-corrected chi connectivity index (χ0v) is 15.5. The lowest BCUT2D eigenvalue weighted by molar-refractivity contribution is -0.291. The van der Waals surface area contributed by atoms with Gasteiger partial charge in [0.1, 0.15) is 30.5 Å². The minimum atomic E-state index is -1.77. The summed E-state index contributed by atoms with van der Waals surface area (Å²) in [5, 5.41) is 58.9. The van der Waals surface area contributed by atoms with Crippen molar-refractivity contribution in [1.82, 2.24) is 0 Å². The first kappa shape index (κ1) is 22.8. The maximum atomic E-state index is 12.0. The van der Waals surface area contributed by atoms with Gasteiger partial charge in [-0.1, -0.05) is 19.8 Å². The fourth-order valence-electron chi connectivity index (χ4n) is 2.85. The summed E-state index contributed by atoms with van der Waals surface area (Å²) in [5.41, 5.74) is 0. The Hall–Kier alpha value is -1.47. The third-order valence-corrected chi connectivity index (χ3v) is 4.53. The number of carbonyl (C=O) groups excluding carboxylic acids is 1. The molecule has 6 N–H and O–H groups in total.